The van der Waals surface area contributed by atoms with E-state index < -0.39 is 0 Å². The molecule has 0 unspecified atom stereocenters. The predicted molar refractivity (Wildman–Crippen MR) is 83.1 cm³/mol. The maximum Gasteiger partial charge on any atom is 0.201 e. The zero-order valence-electron chi connectivity index (χ0n) is 11.0. The Balaban J connectivity index is 1.49. The van der Waals surface area contributed by atoms with Crippen LogP contribution in [0, 0.1) is 0 Å². The largest absolute Gasteiger partial charge is 0.349 e. The number of rotatable bonds is 4. The van der Waals surface area contributed by atoms with Crippen molar-refractivity contribution in [2.24, 2.45) is 0 Å². The molecule has 6 nitrogen and oxygen atoms in total. The van der Waals surface area contributed by atoms with Crippen molar-refractivity contribution in [3.63, 3.8) is 0 Å². The van der Waals surface area contributed by atoms with Gasteiger partial charge in [-0.2, -0.15) is 5.10 Å². The first-order valence-electron chi connectivity index (χ1n) is 6.52. The normalized spacial score (nSPS) is 11.0. The summed E-state index contributed by atoms with van der Waals surface area (Å²) in [4.78, 5) is 13.2. The molecule has 0 aliphatic heterocycles. The lowest BCUT2D eigenvalue weighted by atomic mass is 10.3. The van der Waals surface area contributed by atoms with Crippen LogP contribution in [-0.2, 0) is 6.54 Å². The molecule has 7 heteroatoms. The SMILES string of the molecule is c1csc(-c2n[nH]c(CNc3nc4ccccc4[nH]3)n2)c1. The van der Waals surface area contributed by atoms with Crippen molar-refractivity contribution in [1.82, 2.24) is 25.1 Å². The van der Waals surface area contributed by atoms with Gasteiger partial charge in [-0.25, -0.2) is 9.97 Å². The minimum atomic E-state index is 0.540. The van der Waals surface area contributed by atoms with Crippen molar-refractivity contribution in [2.75, 3.05) is 5.32 Å². The van der Waals surface area contributed by atoms with Gasteiger partial charge in [0, 0.05) is 0 Å². The van der Waals surface area contributed by atoms with E-state index in [-0.39, 0.29) is 0 Å². The molecule has 21 heavy (non-hydrogen) atoms. The second kappa shape index (κ2) is 5.02. The average Bonchev–Trinajstić information content (AvgIpc) is 3.23. The first-order valence-corrected chi connectivity index (χ1v) is 7.40. The molecular weight excluding hydrogens is 284 g/mol. The van der Waals surface area contributed by atoms with E-state index in [9.17, 15) is 0 Å². The number of imidazole rings is 1. The predicted octanol–water partition coefficient (Wildman–Crippen LogP) is 3.02. The highest BCUT2D eigenvalue weighted by molar-refractivity contribution is 7.13. The summed E-state index contributed by atoms with van der Waals surface area (Å²) in [5.74, 6) is 2.23. The Bertz CT molecular complexity index is 828. The fraction of sp³-hybridized carbons (Fsp3) is 0.0714. The Morgan fingerprint density at radius 2 is 2.05 bits per heavy atom. The van der Waals surface area contributed by atoms with E-state index in [1.165, 1.54) is 0 Å². The lowest BCUT2D eigenvalue weighted by molar-refractivity contribution is 0.943. The number of anilines is 1. The third-order valence-electron chi connectivity index (χ3n) is 3.09. The van der Waals surface area contributed by atoms with Gasteiger partial charge >= 0.3 is 0 Å². The molecule has 0 amide bonds. The van der Waals surface area contributed by atoms with E-state index in [1.54, 1.807) is 11.3 Å². The highest BCUT2D eigenvalue weighted by Crippen LogP contribution is 2.20. The van der Waals surface area contributed by atoms with Gasteiger partial charge in [0.25, 0.3) is 0 Å². The molecule has 0 fully saturated rings. The number of fused-ring (bicyclic) bond motifs is 1. The standard InChI is InChI=1S/C14H12N6S/c1-2-5-10-9(4-1)16-14(17-10)15-8-12-18-13(20-19-12)11-6-3-7-21-11/h1-7H,8H2,(H2,15,16,17)(H,18,19,20). The van der Waals surface area contributed by atoms with Crippen molar-refractivity contribution in [3.8, 4) is 10.7 Å². The van der Waals surface area contributed by atoms with Crippen LogP contribution in [0.3, 0.4) is 0 Å². The number of hydrogen-bond donors (Lipinski definition) is 3. The second-order valence-corrected chi connectivity index (χ2v) is 5.49. The highest BCUT2D eigenvalue weighted by atomic mass is 32.1. The smallest absolute Gasteiger partial charge is 0.201 e. The molecule has 104 valence electrons. The van der Waals surface area contributed by atoms with Crippen LogP contribution in [0.2, 0.25) is 0 Å². The van der Waals surface area contributed by atoms with Crippen molar-refractivity contribution >= 4 is 28.3 Å². The van der Waals surface area contributed by atoms with Crippen LogP contribution in [-0.4, -0.2) is 25.1 Å². The van der Waals surface area contributed by atoms with Crippen molar-refractivity contribution in [3.05, 3.63) is 47.6 Å². The first-order chi connectivity index (χ1) is 10.4. The molecule has 0 saturated heterocycles. The number of nitrogens with one attached hydrogen (secondary N) is 3. The number of hydrogen-bond acceptors (Lipinski definition) is 5. The minimum absolute atomic E-state index is 0.540. The van der Waals surface area contributed by atoms with E-state index in [0.29, 0.717) is 6.54 Å². The number of nitrogens with zero attached hydrogens (tertiary/aromatic N) is 3. The molecule has 1 aromatic carbocycles. The fourth-order valence-electron chi connectivity index (χ4n) is 2.09. The number of thiophene rings is 1. The quantitative estimate of drug-likeness (QED) is 0.540. The van der Waals surface area contributed by atoms with Crippen LogP contribution in [0.4, 0.5) is 5.95 Å². The van der Waals surface area contributed by atoms with Gasteiger partial charge in [0.15, 0.2) is 5.82 Å². The van der Waals surface area contributed by atoms with E-state index >= 15 is 0 Å². The lowest BCUT2D eigenvalue weighted by Crippen LogP contribution is -2.02. The monoisotopic (exact) mass is 296 g/mol. The van der Waals surface area contributed by atoms with Crippen LogP contribution in [0.15, 0.2) is 41.8 Å². The Morgan fingerprint density at radius 3 is 2.90 bits per heavy atom. The number of aromatic amines is 2. The van der Waals surface area contributed by atoms with Crippen LogP contribution < -0.4 is 5.32 Å². The Kier molecular flexibility index (Phi) is 2.89. The number of aromatic nitrogens is 5. The summed E-state index contributed by atoms with van der Waals surface area (Å²) in [6, 6.07) is 11.9. The van der Waals surface area contributed by atoms with Crippen LogP contribution in [0.25, 0.3) is 21.7 Å². The zero-order valence-corrected chi connectivity index (χ0v) is 11.8. The zero-order chi connectivity index (χ0) is 14.1. The van der Waals surface area contributed by atoms with Gasteiger partial charge in [-0.1, -0.05) is 18.2 Å². The summed E-state index contributed by atoms with van der Waals surface area (Å²) in [6.07, 6.45) is 0. The molecule has 3 N–H and O–H groups in total. The minimum Gasteiger partial charge on any atom is -0.349 e. The van der Waals surface area contributed by atoms with Crippen molar-refractivity contribution in [2.45, 2.75) is 6.54 Å². The van der Waals surface area contributed by atoms with E-state index in [4.69, 9.17) is 0 Å². The van der Waals surface area contributed by atoms with E-state index in [0.717, 1.165) is 33.5 Å². The molecule has 4 aromatic rings. The average molecular weight is 296 g/mol. The molecule has 0 atom stereocenters. The molecular formula is C14H12N6S. The van der Waals surface area contributed by atoms with Crippen LogP contribution in [0.1, 0.15) is 5.82 Å². The van der Waals surface area contributed by atoms with Gasteiger partial charge < -0.3 is 10.3 Å². The Hall–Kier alpha value is -2.67. The van der Waals surface area contributed by atoms with E-state index in [1.807, 2.05) is 41.8 Å². The van der Waals surface area contributed by atoms with Crippen LogP contribution >= 0.6 is 11.3 Å². The molecule has 0 bridgehead atoms. The maximum absolute atomic E-state index is 4.46. The fourth-order valence-corrected chi connectivity index (χ4v) is 2.75. The summed E-state index contributed by atoms with van der Waals surface area (Å²) in [7, 11) is 0. The lowest BCUT2D eigenvalue weighted by Gasteiger charge is -1.97. The molecule has 0 radical (unpaired) electrons. The van der Waals surface area contributed by atoms with Gasteiger partial charge in [0.2, 0.25) is 5.95 Å². The first kappa shape index (κ1) is 12.1. The summed E-state index contributed by atoms with van der Waals surface area (Å²) < 4.78 is 0. The molecule has 3 aromatic heterocycles. The van der Waals surface area contributed by atoms with Crippen molar-refractivity contribution in [1.29, 1.82) is 0 Å². The van der Waals surface area contributed by atoms with Crippen LogP contribution in [0.5, 0.6) is 0 Å². The maximum atomic E-state index is 4.46. The third-order valence-corrected chi connectivity index (χ3v) is 3.95. The summed E-state index contributed by atoms with van der Waals surface area (Å²) >= 11 is 1.62. The molecule has 0 saturated carbocycles. The molecule has 0 aliphatic rings. The van der Waals surface area contributed by atoms with Crippen molar-refractivity contribution < 1.29 is 0 Å². The second-order valence-electron chi connectivity index (χ2n) is 4.54. The third kappa shape index (κ3) is 2.38. The number of benzene rings is 1. The van der Waals surface area contributed by atoms with Gasteiger partial charge in [0.05, 0.1) is 22.5 Å². The summed E-state index contributed by atoms with van der Waals surface area (Å²) in [5.41, 5.74) is 1.95. The molecule has 3 heterocycles. The number of H-pyrrole nitrogens is 2. The topological polar surface area (TPSA) is 82.3 Å². The summed E-state index contributed by atoms with van der Waals surface area (Å²) in [6.45, 7) is 0.540. The molecule has 0 spiro atoms. The van der Waals surface area contributed by atoms with Gasteiger partial charge in [-0.3, -0.25) is 5.10 Å². The molecule has 0 aliphatic carbocycles. The summed E-state index contributed by atoms with van der Waals surface area (Å²) in [5, 5.41) is 12.4. The van der Waals surface area contributed by atoms with Gasteiger partial charge in [0.1, 0.15) is 5.82 Å². The van der Waals surface area contributed by atoms with Gasteiger partial charge in [-0.15, -0.1) is 11.3 Å². The highest BCUT2D eigenvalue weighted by Gasteiger charge is 2.07. The van der Waals surface area contributed by atoms with Gasteiger partial charge in [-0.05, 0) is 23.6 Å². The Morgan fingerprint density at radius 1 is 1.10 bits per heavy atom. The number of para-hydroxylation sites is 2. The molecule has 4 rings (SSSR count). The van der Waals surface area contributed by atoms with E-state index in [2.05, 4.69) is 30.5 Å². The Labute approximate surface area is 124 Å².